The highest BCUT2D eigenvalue weighted by atomic mass is 28.2. The molecule has 1 nitrogen and oxygen atoms in total. The van der Waals surface area contributed by atoms with Crippen molar-refractivity contribution in [3.8, 4) is 0 Å². The van der Waals surface area contributed by atoms with Crippen LogP contribution in [0.15, 0.2) is 0 Å². The van der Waals surface area contributed by atoms with Gasteiger partial charge >= 0.3 is 0 Å². The molecule has 0 unspecified atom stereocenters. The molecule has 0 fully saturated rings. The Labute approximate surface area is 73.2 Å². The summed E-state index contributed by atoms with van der Waals surface area (Å²) in [5.41, 5.74) is 0. The summed E-state index contributed by atoms with van der Waals surface area (Å²) in [6, 6.07) is 1.13. The standard InChI is InChI=1S/C9H22OSi/c1-2-3-4-5-6-7-8-9-11-10/h10H,2-9,11H2,1H3. The second kappa shape index (κ2) is 10.2. The van der Waals surface area contributed by atoms with Gasteiger partial charge in [0.1, 0.15) is 0 Å². The summed E-state index contributed by atoms with van der Waals surface area (Å²) in [5, 5.41) is 0. The third-order valence-corrected chi connectivity index (χ3v) is 2.83. The molecule has 0 aliphatic rings. The lowest BCUT2D eigenvalue weighted by Crippen LogP contribution is -1.86. The average Bonchev–Trinajstić information content (AvgIpc) is 2.03. The van der Waals surface area contributed by atoms with Crippen molar-refractivity contribution in [2.45, 2.75) is 57.9 Å². The van der Waals surface area contributed by atoms with Crippen LogP contribution in [0, 0.1) is 0 Å². The van der Waals surface area contributed by atoms with Crippen molar-refractivity contribution < 1.29 is 4.80 Å². The van der Waals surface area contributed by atoms with E-state index in [-0.39, 0.29) is 0 Å². The predicted molar refractivity (Wildman–Crippen MR) is 53.6 cm³/mol. The molecule has 0 rings (SSSR count). The van der Waals surface area contributed by atoms with E-state index in [1.165, 1.54) is 44.9 Å². The van der Waals surface area contributed by atoms with Gasteiger partial charge in [0, 0.05) is 0 Å². The first-order valence-electron chi connectivity index (χ1n) is 5.02. The van der Waals surface area contributed by atoms with E-state index in [2.05, 4.69) is 6.92 Å². The van der Waals surface area contributed by atoms with Gasteiger partial charge in [-0.1, -0.05) is 51.9 Å². The van der Waals surface area contributed by atoms with Crippen molar-refractivity contribution in [3.63, 3.8) is 0 Å². The lowest BCUT2D eigenvalue weighted by atomic mass is 10.1. The molecule has 0 aromatic heterocycles. The first kappa shape index (κ1) is 11.2. The minimum Gasteiger partial charge on any atom is -0.438 e. The van der Waals surface area contributed by atoms with Gasteiger partial charge in [-0.3, -0.25) is 0 Å². The smallest absolute Gasteiger partial charge is 0.156 e. The number of hydrogen-bond donors (Lipinski definition) is 1. The fourth-order valence-corrected chi connectivity index (χ4v) is 1.82. The van der Waals surface area contributed by atoms with Crippen LogP contribution in [0.5, 0.6) is 0 Å². The zero-order chi connectivity index (χ0) is 8.36. The molecule has 0 aromatic carbocycles. The van der Waals surface area contributed by atoms with Crippen LogP contribution < -0.4 is 0 Å². The van der Waals surface area contributed by atoms with E-state index in [0.717, 1.165) is 6.04 Å². The van der Waals surface area contributed by atoms with Crippen LogP contribution in [0.3, 0.4) is 0 Å². The van der Waals surface area contributed by atoms with E-state index in [1.54, 1.807) is 0 Å². The third-order valence-electron chi connectivity index (χ3n) is 2.01. The minimum atomic E-state index is -0.630. The van der Waals surface area contributed by atoms with Crippen molar-refractivity contribution >= 4 is 9.76 Å². The van der Waals surface area contributed by atoms with Crippen LogP contribution >= 0.6 is 0 Å². The highest BCUT2D eigenvalue weighted by Crippen LogP contribution is 2.07. The third kappa shape index (κ3) is 10.2. The van der Waals surface area contributed by atoms with Crippen LogP contribution in [-0.2, 0) is 0 Å². The molecule has 0 spiro atoms. The highest BCUT2D eigenvalue weighted by Gasteiger charge is 1.89. The summed E-state index contributed by atoms with van der Waals surface area (Å²) in [6.45, 7) is 2.25. The lowest BCUT2D eigenvalue weighted by molar-refractivity contribution is 0.575. The molecule has 68 valence electrons. The van der Waals surface area contributed by atoms with Crippen LogP contribution in [0.1, 0.15) is 51.9 Å². The summed E-state index contributed by atoms with van der Waals surface area (Å²) in [5.74, 6) is 0. The molecule has 0 radical (unpaired) electrons. The lowest BCUT2D eigenvalue weighted by Gasteiger charge is -1.98. The Hall–Kier alpha value is 0.177. The fourth-order valence-electron chi connectivity index (χ4n) is 1.25. The first-order chi connectivity index (χ1) is 5.41. The number of rotatable bonds is 8. The van der Waals surface area contributed by atoms with Crippen molar-refractivity contribution in [2.24, 2.45) is 0 Å². The van der Waals surface area contributed by atoms with Crippen molar-refractivity contribution in [2.75, 3.05) is 0 Å². The Morgan fingerprint density at radius 3 is 2.00 bits per heavy atom. The summed E-state index contributed by atoms with van der Waals surface area (Å²) in [4.78, 5) is 8.65. The molecule has 2 heteroatoms. The Bertz CT molecular complexity index is 58.6. The zero-order valence-electron chi connectivity index (χ0n) is 7.81. The predicted octanol–water partition coefficient (Wildman–Crippen LogP) is 2.23. The SMILES string of the molecule is CCCCCCCCC[SiH2]O. The molecule has 0 amide bonds. The maximum atomic E-state index is 8.65. The van der Waals surface area contributed by atoms with Gasteiger partial charge in [-0.05, 0) is 6.04 Å². The van der Waals surface area contributed by atoms with Crippen LogP contribution in [-0.4, -0.2) is 14.6 Å². The maximum absolute atomic E-state index is 8.65. The van der Waals surface area contributed by atoms with Gasteiger partial charge in [0.15, 0.2) is 9.76 Å². The van der Waals surface area contributed by atoms with Gasteiger partial charge in [-0.15, -0.1) is 0 Å². The largest absolute Gasteiger partial charge is 0.438 e. The van der Waals surface area contributed by atoms with Gasteiger partial charge in [-0.2, -0.15) is 0 Å². The molecule has 11 heavy (non-hydrogen) atoms. The van der Waals surface area contributed by atoms with Crippen molar-refractivity contribution in [1.82, 2.24) is 0 Å². The summed E-state index contributed by atoms with van der Waals surface area (Å²) >= 11 is 0. The van der Waals surface area contributed by atoms with E-state index >= 15 is 0 Å². The number of hydrogen-bond acceptors (Lipinski definition) is 1. The normalized spacial score (nSPS) is 11.5. The maximum Gasteiger partial charge on any atom is 0.156 e. The van der Waals surface area contributed by atoms with Gasteiger partial charge < -0.3 is 4.80 Å². The van der Waals surface area contributed by atoms with E-state index in [4.69, 9.17) is 4.80 Å². The fraction of sp³-hybridized carbons (Fsp3) is 1.00. The zero-order valence-corrected chi connectivity index (χ0v) is 9.23. The molecular weight excluding hydrogens is 152 g/mol. The quantitative estimate of drug-likeness (QED) is 0.442. The molecule has 0 heterocycles. The van der Waals surface area contributed by atoms with E-state index < -0.39 is 9.76 Å². The minimum absolute atomic E-state index is 0.630. The van der Waals surface area contributed by atoms with Crippen LogP contribution in [0.4, 0.5) is 0 Å². The molecule has 0 aliphatic heterocycles. The first-order valence-corrected chi connectivity index (χ1v) is 6.66. The Morgan fingerprint density at radius 1 is 0.909 bits per heavy atom. The van der Waals surface area contributed by atoms with Gasteiger partial charge in [0.05, 0.1) is 0 Å². The molecule has 0 saturated carbocycles. The van der Waals surface area contributed by atoms with E-state index in [9.17, 15) is 0 Å². The summed E-state index contributed by atoms with van der Waals surface area (Å²) < 4.78 is 0. The van der Waals surface area contributed by atoms with Crippen LogP contribution in [0.25, 0.3) is 0 Å². The highest BCUT2D eigenvalue weighted by molar-refractivity contribution is 6.25. The Balaban J connectivity index is 2.69. The molecule has 0 bridgehead atoms. The number of unbranched alkanes of at least 4 members (excludes halogenated alkanes) is 6. The van der Waals surface area contributed by atoms with Crippen molar-refractivity contribution in [1.29, 1.82) is 0 Å². The van der Waals surface area contributed by atoms with Gasteiger partial charge in [0.2, 0.25) is 0 Å². The summed E-state index contributed by atoms with van der Waals surface area (Å²) in [6.07, 6.45) is 9.55. The van der Waals surface area contributed by atoms with Gasteiger partial charge in [-0.25, -0.2) is 0 Å². The Kier molecular flexibility index (Phi) is 10.3. The average molecular weight is 174 g/mol. The van der Waals surface area contributed by atoms with Crippen LogP contribution in [0.2, 0.25) is 6.04 Å². The monoisotopic (exact) mass is 174 g/mol. The van der Waals surface area contributed by atoms with Gasteiger partial charge in [0.25, 0.3) is 0 Å². The molecule has 0 atom stereocenters. The van der Waals surface area contributed by atoms with Crippen molar-refractivity contribution in [3.05, 3.63) is 0 Å². The molecule has 1 N–H and O–H groups in total. The van der Waals surface area contributed by atoms with E-state index in [0.29, 0.717) is 0 Å². The molecule has 0 aliphatic carbocycles. The Morgan fingerprint density at radius 2 is 1.45 bits per heavy atom. The molecule has 0 saturated heterocycles. The molecular formula is C9H22OSi. The van der Waals surface area contributed by atoms with E-state index in [1.807, 2.05) is 0 Å². The second-order valence-electron chi connectivity index (χ2n) is 3.20. The second-order valence-corrected chi connectivity index (χ2v) is 4.35. The summed E-state index contributed by atoms with van der Waals surface area (Å²) in [7, 11) is -0.630. The topological polar surface area (TPSA) is 20.2 Å². The molecule has 0 aromatic rings.